The second kappa shape index (κ2) is 10.1. The molecule has 1 amide bonds. The van der Waals surface area contributed by atoms with Crippen LogP contribution in [0.3, 0.4) is 0 Å². The lowest BCUT2D eigenvalue weighted by Crippen LogP contribution is -2.34. The molecule has 0 saturated heterocycles. The van der Waals surface area contributed by atoms with Crippen molar-refractivity contribution in [3.63, 3.8) is 0 Å². The van der Waals surface area contributed by atoms with E-state index >= 15 is 0 Å². The van der Waals surface area contributed by atoms with Gasteiger partial charge in [0.1, 0.15) is 11.5 Å². The number of rotatable bonds is 7. The van der Waals surface area contributed by atoms with Gasteiger partial charge in [0.15, 0.2) is 5.11 Å². The van der Waals surface area contributed by atoms with Crippen LogP contribution < -0.4 is 20.1 Å². The van der Waals surface area contributed by atoms with E-state index in [2.05, 4.69) is 33.5 Å². The Balaban J connectivity index is 1.99. The van der Waals surface area contributed by atoms with E-state index in [9.17, 15) is 4.79 Å². The third-order valence-corrected chi connectivity index (χ3v) is 4.19. The molecule has 0 spiro atoms. The van der Waals surface area contributed by atoms with E-state index < -0.39 is 0 Å². The highest BCUT2D eigenvalue weighted by Crippen LogP contribution is 2.23. The van der Waals surface area contributed by atoms with Crippen LogP contribution in [0, 0.1) is 0 Å². The molecule has 0 aliphatic heterocycles. The number of carbonyl (C=O) groups excluding carboxylic acids is 1. The van der Waals surface area contributed by atoms with E-state index in [1.807, 2.05) is 24.3 Å². The minimum absolute atomic E-state index is 0.197. The topological polar surface area (TPSA) is 59.6 Å². The Bertz CT molecular complexity index is 783. The number of hydrogen-bond donors (Lipinski definition) is 2. The van der Waals surface area contributed by atoms with Crippen LogP contribution in [0.15, 0.2) is 46.9 Å². The zero-order chi connectivity index (χ0) is 18.9. The van der Waals surface area contributed by atoms with Crippen LogP contribution in [-0.4, -0.2) is 24.7 Å². The molecule has 0 fully saturated rings. The van der Waals surface area contributed by atoms with Gasteiger partial charge in [0.2, 0.25) is 0 Å². The molecule has 5 nitrogen and oxygen atoms in total. The molecule has 0 unspecified atom stereocenters. The molecule has 0 atom stereocenters. The van der Waals surface area contributed by atoms with Crippen molar-refractivity contribution in [1.29, 1.82) is 0 Å². The quantitative estimate of drug-likeness (QED) is 0.483. The smallest absolute Gasteiger partial charge is 0.261 e. The van der Waals surface area contributed by atoms with E-state index in [1.54, 1.807) is 18.2 Å². The minimum atomic E-state index is -0.351. The number of anilines is 1. The van der Waals surface area contributed by atoms with E-state index in [4.69, 9.17) is 21.7 Å². The third-order valence-electron chi connectivity index (χ3n) is 3.49. The lowest BCUT2D eigenvalue weighted by atomic mass is 10.2. The fraction of sp³-hybridized carbons (Fsp3) is 0.263. The molecular formula is C19H21BrN2O3S. The monoisotopic (exact) mass is 436 g/mol. The number of unbranched alkanes of at least 4 members (excludes halogenated alkanes) is 1. The summed E-state index contributed by atoms with van der Waals surface area (Å²) in [5.74, 6) is 0.877. The number of halogens is 1. The maximum Gasteiger partial charge on any atom is 0.261 e. The second-order valence-electron chi connectivity index (χ2n) is 5.48. The fourth-order valence-electron chi connectivity index (χ4n) is 2.19. The van der Waals surface area contributed by atoms with Gasteiger partial charge < -0.3 is 14.8 Å². The number of methoxy groups -OCH3 is 1. The Kier molecular flexibility index (Phi) is 7.87. The van der Waals surface area contributed by atoms with Crippen molar-refractivity contribution >= 4 is 44.9 Å². The summed E-state index contributed by atoms with van der Waals surface area (Å²) < 4.78 is 11.7. The molecule has 0 aromatic heterocycles. The summed E-state index contributed by atoms with van der Waals surface area (Å²) in [6, 6.07) is 12.6. The number of benzene rings is 2. The van der Waals surface area contributed by atoms with Gasteiger partial charge >= 0.3 is 0 Å². The summed E-state index contributed by atoms with van der Waals surface area (Å²) in [5.41, 5.74) is 1.13. The summed E-state index contributed by atoms with van der Waals surface area (Å²) in [7, 11) is 1.51. The van der Waals surface area contributed by atoms with Gasteiger partial charge in [-0.25, -0.2) is 0 Å². The van der Waals surface area contributed by atoms with Crippen molar-refractivity contribution < 1.29 is 14.3 Å². The molecule has 0 heterocycles. The molecule has 26 heavy (non-hydrogen) atoms. The lowest BCUT2D eigenvalue weighted by Gasteiger charge is -2.13. The lowest BCUT2D eigenvalue weighted by molar-refractivity contribution is 0.0974. The zero-order valence-corrected chi connectivity index (χ0v) is 17.1. The van der Waals surface area contributed by atoms with Gasteiger partial charge in [-0.3, -0.25) is 10.1 Å². The number of thiocarbonyl (C=S) groups is 1. The Labute approximate surface area is 167 Å². The van der Waals surface area contributed by atoms with Crippen LogP contribution in [-0.2, 0) is 0 Å². The number of ether oxygens (including phenoxy) is 2. The Morgan fingerprint density at radius 2 is 2.04 bits per heavy atom. The van der Waals surface area contributed by atoms with Crippen LogP contribution >= 0.6 is 28.1 Å². The molecule has 2 rings (SSSR count). The number of amides is 1. The van der Waals surface area contributed by atoms with Crippen molar-refractivity contribution in [3.05, 3.63) is 52.5 Å². The fourth-order valence-corrected chi connectivity index (χ4v) is 2.76. The van der Waals surface area contributed by atoms with Crippen LogP contribution in [0.25, 0.3) is 0 Å². The number of carbonyl (C=O) groups is 1. The van der Waals surface area contributed by atoms with Crippen molar-refractivity contribution in [2.24, 2.45) is 0 Å². The molecular weight excluding hydrogens is 416 g/mol. The van der Waals surface area contributed by atoms with Crippen LogP contribution in [0.4, 0.5) is 5.69 Å². The summed E-state index contributed by atoms with van der Waals surface area (Å²) in [6.45, 7) is 2.78. The van der Waals surface area contributed by atoms with Crippen molar-refractivity contribution in [3.8, 4) is 11.5 Å². The summed E-state index contributed by atoms with van der Waals surface area (Å²) in [4.78, 5) is 12.5. The first kappa shape index (κ1) is 20.2. The largest absolute Gasteiger partial charge is 0.496 e. The highest BCUT2D eigenvalue weighted by molar-refractivity contribution is 9.10. The molecule has 0 aliphatic carbocycles. The molecule has 2 N–H and O–H groups in total. The Hall–Kier alpha value is -2.12. The zero-order valence-electron chi connectivity index (χ0n) is 14.7. The molecule has 0 saturated carbocycles. The van der Waals surface area contributed by atoms with Gasteiger partial charge in [0, 0.05) is 16.2 Å². The molecule has 2 aromatic rings. The third kappa shape index (κ3) is 6.00. The summed E-state index contributed by atoms with van der Waals surface area (Å²) in [6.07, 6.45) is 2.08. The van der Waals surface area contributed by atoms with Gasteiger partial charge in [-0.2, -0.15) is 0 Å². The predicted octanol–water partition coefficient (Wildman–Crippen LogP) is 4.76. The van der Waals surface area contributed by atoms with Crippen LogP contribution in [0.5, 0.6) is 11.5 Å². The highest BCUT2D eigenvalue weighted by Gasteiger charge is 2.14. The molecule has 7 heteroatoms. The predicted molar refractivity (Wildman–Crippen MR) is 111 cm³/mol. The van der Waals surface area contributed by atoms with E-state index in [-0.39, 0.29) is 11.0 Å². The normalized spacial score (nSPS) is 10.1. The van der Waals surface area contributed by atoms with Crippen molar-refractivity contribution in [1.82, 2.24) is 5.32 Å². The van der Waals surface area contributed by atoms with Crippen LogP contribution in [0.2, 0.25) is 0 Å². The summed E-state index contributed by atoms with van der Waals surface area (Å²) >= 11 is 8.59. The maximum absolute atomic E-state index is 12.5. The molecule has 138 valence electrons. The van der Waals surface area contributed by atoms with E-state index in [0.29, 0.717) is 17.9 Å². The Morgan fingerprint density at radius 3 is 2.77 bits per heavy atom. The van der Waals surface area contributed by atoms with E-state index in [1.165, 1.54) is 7.11 Å². The van der Waals surface area contributed by atoms with Gasteiger partial charge in [0.05, 0.1) is 19.3 Å². The second-order valence-corrected chi connectivity index (χ2v) is 6.81. The first-order valence-electron chi connectivity index (χ1n) is 8.22. The maximum atomic E-state index is 12.5. The van der Waals surface area contributed by atoms with Gasteiger partial charge in [-0.1, -0.05) is 35.3 Å². The average molecular weight is 437 g/mol. The minimum Gasteiger partial charge on any atom is -0.496 e. The van der Waals surface area contributed by atoms with Crippen LogP contribution in [0.1, 0.15) is 30.1 Å². The molecule has 0 bridgehead atoms. The molecule has 0 aliphatic rings. The molecule has 2 aromatic carbocycles. The highest BCUT2D eigenvalue weighted by atomic mass is 79.9. The Morgan fingerprint density at radius 1 is 1.23 bits per heavy atom. The van der Waals surface area contributed by atoms with Crippen molar-refractivity contribution in [2.45, 2.75) is 19.8 Å². The van der Waals surface area contributed by atoms with Gasteiger partial charge in [0.25, 0.3) is 5.91 Å². The number of nitrogens with one attached hydrogen (secondary N) is 2. The first-order valence-corrected chi connectivity index (χ1v) is 9.42. The average Bonchev–Trinajstić information content (AvgIpc) is 2.62. The van der Waals surface area contributed by atoms with Gasteiger partial charge in [-0.15, -0.1) is 0 Å². The van der Waals surface area contributed by atoms with Gasteiger partial charge in [-0.05, 0) is 49.0 Å². The summed E-state index contributed by atoms with van der Waals surface area (Å²) in [5, 5.41) is 5.85. The molecule has 0 radical (unpaired) electrons. The first-order chi connectivity index (χ1) is 12.5. The number of hydrogen-bond acceptors (Lipinski definition) is 4. The van der Waals surface area contributed by atoms with Crippen molar-refractivity contribution in [2.75, 3.05) is 19.0 Å². The SMILES string of the molecule is CCCCOc1cccc(NC(=S)NC(=O)c2cc(Br)ccc2OC)c1. The standard InChI is InChI=1S/C19H21BrN2O3S/c1-3-4-10-25-15-7-5-6-14(12-15)21-19(26)22-18(23)16-11-13(20)8-9-17(16)24-2/h5-9,11-12H,3-4,10H2,1-2H3,(H2,21,22,23,26). The van der Waals surface area contributed by atoms with E-state index in [0.717, 1.165) is 28.8 Å².